The van der Waals surface area contributed by atoms with E-state index in [1.807, 2.05) is 44.3 Å². The summed E-state index contributed by atoms with van der Waals surface area (Å²) in [4.78, 5) is 14.9. The molecule has 3 aromatic rings. The molecule has 7 heteroatoms. The fraction of sp³-hybridized carbons (Fsp3) is 0.222. The third kappa shape index (κ3) is 4.00. The maximum atomic E-state index is 11.1. The van der Waals surface area contributed by atoms with Crippen molar-refractivity contribution in [2.24, 2.45) is 0 Å². The highest BCUT2D eigenvalue weighted by atomic mass is 16.6. The van der Waals surface area contributed by atoms with Crippen molar-refractivity contribution in [3.05, 3.63) is 70.5 Å². The largest absolute Gasteiger partial charge is 0.491 e. The Labute approximate surface area is 145 Å². The molecule has 0 bridgehead atoms. The molecule has 25 heavy (non-hydrogen) atoms. The lowest BCUT2D eigenvalue weighted by molar-refractivity contribution is -0.384. The number of benzene rings is 1. The molecule has 0 spiro atoms. The van der Waals surface area contributed by atoms with Gasteiger partial charge in [-0.2, -0.15) is 5.10 Å². The normalized spacial score (nSPS) is 10.8. The molecule has 0 N–H and O–H groups in total. The van der Waals surface area contributed by atoms with Crippen LogP contribution in [0.3, 0.4) is 0 Å². The van der Waals surface area contributed by atoms with Gasteiger partial charge in [0.2, 0.25) is 0 Å². The number of aromatic nitrogens is 3. The number of non-ortho nitro benzene ring substituents is 1. The predicted molar refractivity (Wildman–Crippen MR) is 93.4 cm³/mol. The first-order valence-corrected chi connectivity index (χ1v) is 7.92. The lowest BCUT2D eigenvalue weighted by Gasteiger charge is -2.14. The first-order valence-electron chi connectivity index (χ1n) is 7.92. The van der Waals surface area contributed by atoms with E-state index >= 15 is 0 Å². The minimum atomic E-state index is -0.412. The highest BCUT2D eigenvalue weighted by Gasteiger charge is 2.14. The van der Waals surface area contributed by atoms with E-state index in [4.69, 9.17) is 4.74 Å². The van der Waals surface area contributed by atoms with Crippen LogP contribution in [-0.2, 0) is 6.54 Å². The summed E-state index contributed by atoms with van der Waals surface area (Å²) in [5.74, 6) is 0.621. The SMILES string of the molecule is CC(C)Oc1ccc([N+](=O)[O-])cc1Cn1ccc(-c2ccccn2)n1. The quantitative estimate of drug-likeness (QED) is 0.505. The second kappa shape index (κ2) is 7.12. The molecule has 1 aromatic carbocycles. The molecule has 2 aromatic heterocycles. The first kappa shape index (κ1) is 16.6. The Hall–Kier alpha value is -3.22. The van der Waals surface area contributed by atoms with Crippen molar-refractivity contribution in [3.63, 3.8) is 0 Å². The number of pyridine rings is 1. The van der Waals surface area contributed by atoms with Crippen LogP contribution in [0.25, 0.3) is 11.4 Å². The Morgan fingerprint density at radius 3 is 2.72 bits per heavy atom. The fourth-order valence-corrected chi connectivity index (χ4v) is 2.45. The van der Waals surface area contributed by atoms with Crippen molar-refractivity contribution in [1.82, 2.24) is 14.8 Å². The molecule has 2 heterocycles. The average molecular weight is 338 g/mol. The van der Waals surface area contributed by atoms with Crippen LogP contribution in [0.4, 0.5) is 5.69 Å². The van der Waals surface area contributed by atoms with Gasteiger partial charge < -0.3 is 4.74 Å². The Morgan fingerprint density at radius 2 is 2.04 bits per heavy atom. The smallest absolute Gasteiger partial charge is 0.270 e. The van der Waals surface area contributed by atoms with Crippen molar-refractivity contribution in [2.75, 3.05) is 0 Å². The van der Waals surface area contributed by atoms with Gasteiger partial charge >= 0.3 is 0 Å². The van der Waals surface area contributed by atoms with Gasteiger partial charge in [0, 0.05) is 30.1 Å². The van der Waals surface area contributed by atoms with Crippen molar-refractivity contribution >= 4 is 5.69 Å². The minimum absolute atomic E-state index is 0.0260. The van der Waals surface area contributed by atoms with Crippen LogP contribution in [0.1, 0.15) is 19.4 Å². The Bertz CT molecular complexity index is 875. The zero-order valence-electron chi connectivity index (χ0n) is 14.0. The second-order valence-electron chi connectivity index (χ2n) is 5.83. The molecule has 7 nitrogen and oxygen atoms in total. The van der Waals surface area contributed by atoms with Crippen LogP contribution in [0.15, 0.2) is 54.9 Å². The molecule has 0 radical (unpaired) electrons. The van der Waals surface area contributed by atoms with Crippen molar-refractivity contribution in [1.29, 1.82) is 0 Å². The van der Waals surface area contributed by atoms with Crippen LogP contribution in [-0.4, -0.2) is 25.8 Å². The Kier molecular flexibility index (Phi) is 4.74. The number of rotatable bonds is 6. The van der Waals surface area contributed by atoms with Gasteiger partial charge in [-0.05, 0) is 38.1 Å². The number of nitro benzene ring substituents is 1. The number of hydrogen-bond acceptors (Lipinski definition) is 5. The van der Waals surface area contributed by atoms with Crippen molar-refractivity contribution in [2.45, 2.75) is 26.5 Å². The van der Waals surface area contributed by atoms with Gasteiger partial charge in [0.05, 0.1) is 23.3 Å². The molecule has 128 valence electrons. The highest BCUT2D eigenvalue weighted by molar-refractivity contribution is 5.52. The zero-order valence-corrected chi connectivity index (χ0v) is 14.0. The molecule has 0 atom stereocenters. The minimum Gasteiger partial charge on any atom is -0.491 e. The summed E-state index contributed by atoms with van der Waals surface area (Å²) in [7, 11) is 0. The molecule has 0 saturated carbocycles. The molecule has 0 amide bonds. The second-order valence-corrected chi connectivity index (χ2v) is 5.83. The fourth-order valence-electron chi connectivity index (χ4n) is 2.45. The molecule has 0 aliphatic heterocycles. The van der Waals surface area contributed by atoms with Crippen molar-refractivity contribution < 1.29 is 9.66 Å². The molecule has 0 aliphatic rings. The van der Waals surface area contributed by atoms with Gasteiger partial charge in [-0.3, -0.25) is 19.8 Å². The summed E-state index contributed by atoms with van der Waals surface area (Å²) >= 11 is 0. The van der Waals surface area contributed by atoms with Crippen LogP contribution in [0.5, 0.6) is 5.75 Å². The Morgan fingerprint density at radius 1 is 1.20 bits per heavy atom. The molecular weight excluding hydrogens is 320 g/mol. The van der Waals surface area contributed by atoms with Crippen LogP contribution in [0, 0.1) is 10.1 Å². The first-order chi connectivity index (χ1) is 12.0. The zero-order chi connectivity index (χ0) is 17.8. The summed E-state index contributed by atoms with van der Waals surface area (Å²) in [5, 5.41) is 15.6. The molecule has 3 rings (SSSR count). The van der Waals surface area contributed by atoms with Crippen molar-refractivity contribution in [3.8, 4) is 17.1 Å². The molecular formula is C18H18N4O3. The Balaban J connectivity index is 1.90. The maximum absolute atomic E-state index is 11.1. The molecule has 0 aliphatic carbocycles. The standard InChI is InChI=1S/C18H18N4O3/c1-13(2)25-18-7-6-15(22(23)24)11-14(18)12-21-10-8-17(20-21)16-5-3-4-9-19-16/h3-11,13H,12H2,1-2H3. The number of nitrogens with zero attached hydrogens (tertiary/aromatic N) is 4. The van der Waals surface area contributed by atoms with E-state index in [-0.39, 0.29) is 11.8 Å². The summed E-state index contributed by atoms with van der Waals surface area (Å²) in [6.07, 6.45) is 3.51. The van der Waals surface area contributed by atoms with Gasteiger partial charge in [-0.1, -0.05) is 6.07 Å². The van der Waals surface area contributed by atoms with Gasteiger partial charge in [0.25, 0.3) is 5.69 Å². The number of hydrogen-bond donors (Lipinski definition) is 0. The molecule has 0 saturated heterocycles. The van der Waals surface area contributed by atoms with Gasteiger partial charge in [0.1, 0.15) is 11.4 Å². The third-order valence-corrected chi connectivity index (χ3v) is 3.52. The van der Waals surface area contributed by atoms with Crippen LogP contribution < -0.4 is 4.74 Å². The van der Waals surface area contributed by atoms with E-state index in [1.165, 1.54) is 12.1 Å². The van der Waals surface area contributed by atoms with Gasteiger partial charge in [-0.25, -0.2) is 0 Å². The maximum Gasteiger partial charge on any atom is 0.270 e. The number of nitro groups is 1. The van der Waals surface area contributed by atoms with Crippen LogP contribution >= 0.6 is 0 Å². The highest BCUT2D eigenvalue weighted by Crippen LogP contribution is 2.26. The van der Waals surface area contributed by atoms with E-state index in [1.54, 1.807) is 16.9 Å². The molecule has 0 unspecified atom stereocenters. The molecule has 0 fully saturated rings. The topological polar surface area (TPSA) is 83.1 Å². The van der Waals surface area contributed by atoms with E-state index < -0.39 is 4.92 Å². The van der Waals surface area contributed by atoms with Gasteiger partial charge in [-0.15, -0.1) is 0 Å². The van der Waals surface area contributed by atoms with E-state index in [9.17, 15) is 10.1 Å². The summed E-state index contributed by atoms with van der Waals surface area (Å²) in [6, 6.07) is 12.1. The summed E-state index contributed by atoms with van der Waals surface area (Å²) in [6.45, 7) is 4.20. The summed E-state index contributed by atoms with van der Waals surface area (Å²) < 4.78 is 7.49. The lowest BCUT2D eigenvalue weighted by atomic mass is 10.1. The monoisotopic (exact) mass is 338 g/mol. The lowest BCUT2D eigenvalue weighted by Crippen LogP contribution is -2.10. The van der Waals surface area contributed by atoms with Gasteiger partial charge in [0.15, 0.2) is 0 Å². The number of ether oxygens (including phenoxy) is 1. The third-order valence-electron chi connectivity index (χ3n) is 3.52. The summed E-state index contributed by atoms with van der Waals surface area (Å²) in [5.41, 5.74) is 2.26. The van der Waals surface area contributed by atoms with E-state index in [0.29, 0.717) is 17.9 Å². The average Bonchev–Trinajstić information content (AvgIpc) is 3.05. The van der Waals surface area contributed by atoms with E-state index in [2.05, 4.69) is 10.1 Å². The predicted octanol–water partition coefficient (Wildman–Crippen LogP) is 3.69. The van der Waals surface area contributed by atoms with Crippen LogP contribution in [0.2, 0.25) is 0 Å². The van der Waals surface area contributed by atoms with E-state index in [0.717, 1.165) is 11.4 Å².